The van der Waals surface area contributed by atoms with Crippen LogP contribution in [-0.2, 0) is 9.53 Å². The van der Waals surface area contributed by atoms with E-state index >= 15 is 0 Å². The Balaban J connectivity index is 1.76. The summed E-state index contributed by atoms with van der Waals surface area (Å²) in [6.07, 6.45) is 1.30. The normalized spacial score (nSPS) is 12.3. The van der Waals surface area contributed by atoms with Gasteiger partial charge in [0.05, 0.1) is 24.0 Å². The Morgan fingerprint density at radius 1 is 1.11 bits per heavy atom. The summed E-state index contributed by atoms with van der Waals surface area (Å²) in [7, 11) is 5.01. The van der Waals surface area contributed by atoms with Crippen LogP contribution >= 0.6 is 0 Å². The van der Waals surface area contributed by atoms with Crippen molar-refractivity contribution in [3.05, 3.63) is 59.6 Å². The zero-order valence-electron chi connectivity index (χ0n) is 15.7. The van der Waals surface area contributed by atoms with Crippen LogP contribution in [0, 0.1) is 11.3 Å². The largest absolute Gasteiger partial charge is 0.481 e. The molecule has 8 heteroatoms. The lowest BCUT2D eigenvalue weighted by Gasteiger charge is -2.19. The molecule has 0 bridgehead atoms. The van der Waals surface area contributed by atoms with E-state index in [9.17, 15) is 14.9 Å². The van der Waals surface area contributed by atoms with Gasteiger partial charge in [-0.15, -0.1) is 0 Å². The number of esters is 1. The molecule has 0 saturated carbocycles. The smallest absolute Gasteiger partial charge is 0.340 e. The predicted molar refractivity (Wildman–Crippen MR) is 102 cm³/mol. The molecule has 0 fully saturated rings. The highest BCUT2D eigenvalue weighted by molar-refractivity contribution is 6.04. The summed E-state index contributed by atoms with van der Waals surface area (Å²) in [5.74, 6) is -0.493. The predicted octanol–water partition coefficient (Wildman–Crippen LogP) is 2.14. The molecule has 0 spiro atoms. The molecule has 0 radical (unpaired) electrons. The molecule has 142 valence electrons. The number of nitriles is 1. The van der Waals surface area contributed by atoms with Crippen LogP contribution in [0.15, 0.2) is 54.0 Å². The minimum atomic E-state index is -0.706. The van der Waals surface area contributed by atoms with Gasteiger partial charge >= 0.3 is 5.97 Å². The van der Waals surface area contributed by atoms with Gasteiger partial charge in [-0.05, 0) is 18.2 Å². The highest BCUT2D eigenvalue weighted by Crippen LogP contribution is 2.40. The van der Waals surface area contributed by atoms with Crippen molar-refractivity contribution in [2.45, 2.75) is 0 Å². The lowest BCUT2D eigenvalue weighted by atomic mass is 10.2. The molecule has 0 atom stereocenters. The van der Waals surface area contributed by atoms with Crippen molar-refractivity contribution in [2.24, 2.45) is 0 Å². The Morgan fingerprint density at radius 2 is 1.75 bits per heavy atom. The lowest BCUT2D eigenvalue weighted by Crippen LogP contribution is -2.27. The number of fused-ring (bicyclic) bond motifs is 1. The number of Topliss-reactive ketones (excluding diaryl/α,β-unsaturated/α-hetero) is 1. The summed E-state index contributed by atoms with van der Waals surface area (Å²) >= 11 is 0. The fourth-order valence-corrected chi connectivity index (χ4v) is 2.97. The Bertz CT molecular complexity index is 961. The van der Waals surface area contributed by atoms with E-state index in [2.05, 4.69) is 4.98 Å². The summed E-state index contributed by atoms with van der Waals surface area (Å²) in [5.41, 5.74) is 1.85. The van der Waals surface area contributed by atoms with E-state index in [4.69, 9.17) is 9.47 Å². The molecule has 1 aliphatic heterocycles. The van der Waals surface area contributed by atoms with Gasteiger partial charge in [0.1, 0.15) is 17.5 Å². The number of rotatable bonds is 5. The number of ketones is 1. The number of ether oxygens (including phenoxy) is 2. The summed E-state index contributed by atoms with van der Waals surface area (Å²) < 4.78 is 9.99. The molecule has 0 saturated heterocycles. The number of methoxy groups -OCH3 is 1. The van der Waals surface area contributed by atoms with E-state index < -0.39 is 18.4 Å². The van der Waals surface area contributed by atoms with Gasteiger partial charge in [0.15, 0.2) is 6.61 Å². The topological polar surface area (TPSA) is 95.8 Å². The van der Waals surface area contributed by atoms with E-state index in [1.807, 2.05) is 30.3 Å². The third kappa shape index (κ3) is 3.38. The van der Waals surface area contributed by atoms with E-state index in [1.54, 1.807) is 23.9 Å². The number of pyridine rings is 1. The number of carbonyl (C=O) groups excluding carboxylic acids is 2. The zero-order valence-corrected chi connectivity index (χ0v) is 15.7. The van der Waals surface area contributed by atoms with Crippen molar-refractivity contribution in [1.82, 2.24) is 4.98 Å². The molecular formula is C20H18N4O4. The van der Waals surface area contributed by atoms with E-state index in [0.29, 0.717) is 11.7 Å². The minimum absolute atomic E-state index is 0.0816. The molecule has 1 aromatic heterocycles. The van der Waals surface area contributed by atoms with Crippen molar-refractivity contribution in [3.63, 3.8) is 0 Å². The SMILES string of the molecule is COc1ccc(C(=O)OCC(=O)C(C#N)=C2N(C)c3ccccc3N2C)cn1. The van der Waals surface area contributed by atoms with Gasteiger partial charge in [-0.2, -0.15) is 5.26 Å². The molecule has 1 aliphatic rings. The quantitative estimate of drug-likeness (QED) is 0.444. The van der Waals surface area contributed by atoms with Crippen molar-refractivity contribution >= 4 is 23.1 Å². The summed E-state index contributed by atoms with van der Waals surface area (Å²) in [6.45, 7) is -0.546. The Labute approximate surface area is 162 Å². The molecule has 1 aromatic carbocycles. The first-order valence-corrected chi connectivity index (χ1v) is 8.39. The van der Waals surface area contributed by atoms with Crippen LogP contribution in [0.2, 0.25) is 0 Å². The van der Waals surface area contributed by atoms with Gasteiger partial charge in [0, 0.05) is 26.4 Å². The highest BCUT2D eigenvalue weighted by Gasteiger charge is 2.31. The average molecular weight is 378 g/mol. The van der Waals surface area contributed by atoms with Gasteiger partial charge in [0.2, 0.25) is 11.7 Å². The van der Waals surface area contributed by atoms with E-state index in [1.165, 1.54) is 25.4 Å². The Hall–Kier alpha value is -3.86. The number of hydrogen-bond donors (Lipinski definition) is 0. The van der Waals surface area contributed by atoms with Crippen molar-refractivity contribution in [2.75, 3.05) is 37.6 Å². The number of anilines is 2. The third-order valence-corrected chi connectivity index (χ3v) is 4.37. The average Bonchev–Trinajstić information content (AvgIpc) is 2.98. The molecular weight excluding hydrogens is 360 g/mol. The second kappa shape index (κ2) is 7.80. The fraction of sp³-hybridized carbons (Fsp3) is 0.200. The van der Waals surface area contributed by atoms with E-state index in [0.717, 1.165) is 11.4 Å². The second-order valence-corrected chi connectivity index (χ2v) is 6.01. The number of aromatic nitrogens is 1. The molecule has 0 unspecified atom stereocenters. The first kappa shape index (κ1) is 18.9. The van der Waals surface area contributed by atoms with Gasteiger partial charge in [-0.3, -0.25) is 4.79 Å². The molecule has 28 heavy (non-hydrogen) atoms. The maximum absolute atomic E-state index is 12.6. The van der Waals surface area contributed by atoms with Crippen LogP contribution in [0.4, 0.5) is 11.4 Å². The van der Waals surface area contributed by atoms with Crippen molar-refractivity contribution in [1.29, 1.82) is 5.26 Å². The van der Waals surface area contributed by atoms with E-state index in [-0.39, 0.29) is 11.1 Å². The molecule has 8 nitrogen and oxygen atoms in total. The van der Waals surface area contributed by atoms with Crippen LogP contribution in [0.3, 0.4) is 0 Å². The van der Waals surface area contributed by atoms with Crippen LogP contribution in [0.5, 0.6) is 5.88 Å². The number of nitrogens with zero attached hydrogens (tertiary/aromatic N) is 4. The van der Waals surface area contributed by atoms with Crippen LogP contribution in [-0.4, -0.2) is 44.5 Å². The standard InChI is InChI=1S/C20H18N4O4/c1-23-15-6-4-5-7-16(15)24(2)19(23)14(10-21)17(25)12-28-20(26)13-8-9-18(27-3)22-11-13/h4-9,11H,12H2,1-3H3. The maximum Gasteiger partial charge on any atom is 0.340 e. The van der Waals surface area contributed by atoms with Gasteiger partial charge < -0.3 is 19.3 Å². The fourth-order valence-electron chi connectivity index (χ4n) is 2.97. The molecule has 2 aromatic rings. The molecule has 0 N–H and O–H groups in total. The number of para-hydroxylation sites is 2. The minimum Gasteiger partial charge on any atom is -0.481 e. The highest BCUT2D eigenvalue weighted by atomic mass is 16.5. The number of hydrogen-bond acceptors (Lipinski definition) is 8. The molecule has 0 amide bonds. The number of carbonyl (C=O) groups is 2. The lowest BCUT2D eigenvalue weighted by molar-refractivity contribution is -0.118. The molecule has 3 rings (SSSR count). The van der Waals surface area contributed by atoms with Crippen LogP contribution in [0.25, 0.3) is 0 Å². The first-order valence-electron chi connectivity index (χ1n) is 8.39. The zero-order chi connectivity index (χ0) is 20.3. The summed E-state index contributed by atoms with van der Waals surface area (Å²) in [6, 6.07) is 12.5. The first-order chi connectivity index (χ1) is 13.5. The monoisotopic (exact) mass is 378 g/mol. The number of benzene rings is 1. The van der Waals surface area contributed by atoms with Crippen molar-refractivity contribution < 1.29 is 19.1 Å². The van der Waals surface area contributed by atoms with Crippen LogP contribution < -0.4 is 14.5 Å². The maximum atomic E-state index is 12.6. The van der Waals surface area contributed by atoms with Gasteiger partial charge in [0.25, 0.3) is 0 Å². The van der Waals surface area contributed by atoms with Gasteiger partial charge in [-0.1, -0.05) is 12.1 Å². The van der Waals surface area contributed by atoms with Crippen LogP contribution in [0.1, 0.15) is 10.4 Å². The Morgan fingerprint density at radius 3 is 2.25 bits per heavy atom. The van der Waals surface area contributed by atoms with Gasteiger partial charge in [-0.25, -0.2) is 9.78 Å². The second-order valence-electron chi connectivity index (χ2n) is 6.01. The summed E-state index contributed by atoms with van der Waals surface area (Å²) in [4.78, 5) is 32.2. The molecule has 2 heterocycles. The third-order valence-electron chi connectivity index (χ3n) is 4.37. The van der Waals surface area contributed by atoms with Crippen molar-refractivity contribution in [3.8, 4) is 11.9 Å². The summed E-state index contributed by atoms with van der Waals surface area (Å²) in [5, 5.41) is 9.56. The molecule has 0 aliphatic carbocycles. The Kier molecular flexibility index (Phi) is 5.27.